The summed E-state index contributed by atoms with van der Waals surface area (Å²) in [6.07, 6.45) is 3.11. The number of nitrogens with zero attached hydrogens (tertiary/aromatic N) is 1. The molecule has 0 aliphatic heterocycles. The van der Waals surface area contributed by atoms with Crippen molar-refractivity contribution in [1.29, 1.82) is 0 Å². The van der Waals surface area contributed by atoms with E-state index in [-0.39, 0.29) is 13.2 Å². The van der Waals surface area contributed by atoms with Gasteiger partial charge in [-0.25, -0.2) is 13.2 Å². The van der Waals surface area contributed by atoms with E-state index in [4.69, 9.17) is 9.47 Å². The summed E-state index contributed by atoms with van der Waals surface area (Å²) in [6, 6.07) is 13.5. The first-order chi connectivity index (χ1) is 17.1. The van der Waals surface area contributed by atoms with E-state index in [9.17, 15) is 18.0 Å². The highest BCUT2D eigenvalue weighted by molar-refractivity contribution is 7.92. The minimum atomic E-state index is -3.39. The van der Waals surface area contributed by atoms with Crippen LogP contribution >= 0.6 is 0 Å². The molecule has 2 rings (SSSR count). The zero-order valence-corrected chi connectivity index (χ0v) is 23.8. The fourth-order valence-corrected chi connectivity index (χ4v) is 4.43. The zero-order chi connectivity index (χ0) is 27.9. The Hall–Kier alpha value is -2.91. The van der Waals surface area contributed by atoms with Crippen molar-refractivity contribution in [2.75, 3.05) is 24.2 Å². The first-order valence-corrected chi connectivity index (χ1v) is 14.1. The van der Waals surface area contributed by atoms with E-state index in [0.29, 0.717) is 24.9 Å². The lowest BCUT2D eigenvalue weighted by Gasteiger charge is -2.32. The number of hydrogen-bond donors (Lipinski definition) is 1. The molecule has 37 heavy (non-hydrogen) atoms. The van der Waals surface area contributed by atoms with Gasteiger partial charge in [-0.05, 0) is 81.8 Å². The third kappa shape index (κ3) is 10.5. The van der Waals surface area contributed by atoms with E-state index in [1.165, 1.54) is 11.4 Å². The van der Waals surface area contributed by atoms with Crippen molar-refractivity contribution in [3.63, 3.8) is 0 Å². The molecule has 0 spiro atoms. The Balaban J connectivity index is 2.21. The van der Waals surface area contributed by atoms with E-state index >= 15 is 0 Å². The van der Waals surface area contributed by atoms with Crippen molar-refractivity contribution in [3.05, 3.63) is 64.7 Å². The molecule has 0 saturated heterocycles. The Kier molecular flexibility index (Phi) is 10.3. The zero-order valence-electron chi connectivity index (χ0n) is 23.0. The Morgan fingerprint density at radius 1 is 1.05 bits per heavy atom. The number of carbonyl (C=O) groups excluding carboxylic acids is 2. The third-order valence-electron chi connectivity index (χ3n) is 5.61. The third-order valence-corrected chi connectivity index (χ3v) is 6.82. The molecule has 2 aromatic rings. The van der Waals surface area contributed by atoms with Gasteiger partial charge in [0.15, 0.2) is 0 Å². The number of benzene rings is 2. The largest absolute Gasteiger partial charge is 0.444 e. The van der Waals surface area contributed by atoms with Gasteiger partial charge in [0.2, 0.25) is 10.0 Å². The predicted octanol–water partition coefficient (Wildman–Crippen LogP) is 4.57. The summed E-state index contributed by atoms with van der Waals surface area (Å²) < 4.78 is 36.8. The van der Waals surface area contributed by atoms with Crippen LogP contribution in [0.5, 0.6) is 0 Å². The Bertz CT molecular complexity index is 1190. The van der Waals surface area contributed by atoms with Crippen molar-refractivity contribution < 1.29 is 27.5 Å². The minimum Gasteiger partial charge on any atom is -0.444 e. The lowest BCUT2D eigenvalue weighted by Crippen LogP contribution is -2.52. The van der Waals surface area contributed by atoms with E-state index < -0.39 is 27.3 Å². The number of anilines is 1. The van der Waals surface area contributed by atoms with Gasteiger partial charge >= 0.3 is 6.09 Å². The summed E-state index contributed by atoms with van der Waals surface area (Å²) in [5, 5.41) is 2.98. The molecule has 0 aromatic heterocycles. The molecule has 0 aliphatic rings. The molecule has 0 aliphatic carbocycles. The van der Waals surface area contributed by atoms with Crippen molar-refractivity contribution in [3.8, 4) is 0 Å². The van der Waals surface area contributed by atoms with E-state index in [1.807, 2.05) is 44.2 Å². The van der Waals surface area contributed by atoms with Crippen molar-refractivity contribution in [2.45, 2.75) is 71.6 Å². The molecule has 9 heteroatoms. The molecule has 1 amide bonds. The Morgan fingerprint density at radius 3 is 2.35 bits per heavy atom. The number of hydrogen-bond acceptors (Lipinski definition) is 6. The van der Waals surface area contributed by atoms with Crippen molar-refractivity contribution >= 4 is 28.1 Å². The van der Waals surface area contributed by atoms with Gasteiger partial charge in [0.1, 0.15) is 11.9 Å². The Morgan fingerprint density at radius 2 is 1.73 bits per heavy atom. The number of sulfonamides is 1. The number of ether oxygens (including phenoxy) is 2. The average molecular weight is 533 g/mol. The monoisotopic (exact) mass is 532 g/mol. The van der Waals surface area contributed by atoms with Crippen LogP contribution in [0.4, 0.5) is 10.5 Å². The van der Waals surface area contributed by atoms with Crippen molar-refractivity contribution in [1.82, 2.24) is 5.32 Å². The normalized spacial score (nSPS) is 13.5. The van der Waals surface area contributed by atoms with E-state index in [0.717, 1.165) is 34.8 Å². The van der Waals surface area contributed by atoms with Gasteiger partial charge in [0.25, 0.3) is 0 Å². The van der Waals surface area contributed by atoms with Crippen LogP contribution in [0.25, 0.3) is 0 Å². The molecule has 1 unspecified atom stereocenters. The Labute approximate surface area is 221 Å². The molecule has 0 bridgehead atoms. The van der Waals surface area contributed by atoms with Gasteiger partial charge in [-0.15, -0.1) is 0 Å². The molecule has 0 saturated carbocycles. The molecule has 204 valence electrons. The smallest absolute Gasteiger partial charge is 0.408 e. The molecular formula is C28H40N2O6S. The minimum absolute atomic E-state index is 0.190. The summed E-state index contributed by atoms with van der Waals surface area (Å²) in [5.41, 5.74) is 2.90. The van der Waals surface area contributed by atoms with E-state index in [2.05, 4.69) is 5.32 Å². The van der Waals surface area contributed by atoms with Crippen LogP contribution in [0.2, 0.25) is 0 Å². The first kappa shape index (κ1) is 30.3. The summed E-state index contributed by atoms with van der Waals surface area (Å²) in [7, 11) is -1.88. The van der Waals surface area contributed by atoms with Gasteiger partial charge in [0.05, 0.1) is 30.7 Å². The molecule has 0 radical (unpaired) electrons. The predicted molar refractivity (Wildman–Crippen MR) is 146 cm³/mol. The van der Waals surface area contributed by atoms with Crippen LogP contribution in [-0.4, -0.2) is 51.8 Å². The van der Waals surface area contributed by atoms with Crippen LogP contribution in [0.15, 0.2) is 42.5 Å². The number of nitrogens with one attached hydrogen (secondary N) is 1. The summed E-state index contributed by atoms with van der Waals surface area (Å²) in [6.45, 7) is 9.63. The molecule has 8 nitrogen and oxygen atoms in total. The second-order valence-electron chi connectivity index (χ2n) is 10.8. The number of rotatable bonds is 12. The molecule has 1 atom stereocenters. The lowest BCUT2D eigenvalue weighted by atomic mass is 9.92. The van der Waals surface area contributed by atoms with Crippen LogP contribution in [0, 0.1) is 6.92 Å². The SMILES string of the molecule is Cc1cc(COCC(C)(Cc2cccc(CCC=O)c2)NC(=O)OC(C)(C)C)cc(N(C)S(C)(=O)=O)c1. The maximum Gasteiger partial charge on any atom is 0.408 e. The highest BCUT2D eigenvalue weighted by Crippen LogP contribution is 2.22. The van der Waals surface area contributed by atoms with Gasteiger partial charge in [-0.3, -0.25) is 4.31 Å². The van der Waals surface area contributed by atoms with Crippen LogP contribution in [0.3, 0.4) is 0 Å². The second kappa shape index (κ2) is 12.6. The second-order valence-corrected chi connectivity index (χ2v) is 12.8. The number of amides is 1. The number of alkyl carbamates (subject to hydrolysis) is 1. The van der Waals surface area contributed by atoms with Crippen LogP contribution < -0.4 is 9.62 Å². The number of aryl methyl sites for hydroxylation is 2. The van der Waals surface area contributed by atoms with Gasteiger partial charge in [0, 0.05) is 13.5 Å². The van der Waals surface area contributed by atoms with Gasteiger partial charge in [-0.2, -0.15) is 0 Å². The van der Waals surface area contributed by atoms with Crippen molar-refractivity contribution in [2.24, 2.45) is 0 Å². The van der Waals surface area contributed by atoms with E-state index in [1.54, 1.807) is 32.9 Å². The molecule has 0 fully saturated rings. The van der Waals surface area contributed by atoms with Gasteiger partial charge < -0.3 is 19.6 Å². The number of aldehydes is 1. The molecule has 2 aromatic carbocycles. The maximum absolute atomic E-state index is 12.7. The average Bonchev–Trinajstić information content (AvgIpc) is 2.74. The molecule has 0 heterocycles. The quantitative estimate of drug-likeness (QED) is 0.402. The first-order valence-electron chi connectivity index (χ1n) is 12.2. The highest BCUT2D eigenvalue weighted by atomic mass is 32.2. The fourth-order valence-electron chi connectivity index (χ4n) is 3.94. The maximum atomic E-state index is 12.7. The highest BCUT2D eigenvalue weighted by Gasteiger charge is 2.30. The standard InChI is InChI=1S/C28H40N2O6S/c1-21-14-24(17-25(15-21)30(6)37(7,33)34)19-35-20-28(5,29-26(32)36-27(2,3)4)18-23-11-8-10-22(16-23)12-9-13-31/h8,10-11,13-17H,9,12,18-20H2,1-7H3,(H,29,32). The molecular weight excluding hydrogens is 492 g/mol. The molecule has 1 N–H and O–H groups in total. The van der Waals surface area contributed by atoms with Gasteiger partial charge in [-0.1, -0.05) is 30.3 Å². The summed E-state index contributed by atoms with van der Waals surface area (Å²) in [5.74, 6) is 0. The summed E-state index contributed by atoms with van der Waals surface area (Å²) in [4.78, 5) is 23.5. The topological polar surface area (TPSA) is 102 Å². The van der Waals surface area contributed by atoms with Crippen LogP contribution in [0.1, 0.15) is 56.4 Å². The fraction of sp³-hybridized carbons (Fsp3) is 0.500. The summed E-state index contributed by atoms with van der Waals surface area (Å²) >= 11 is 0. The van der Waals surface area contributed by atoms with Crippen LogP contribution in [-0.2, 0) is 43.7 Å². The number of carbonyl (C=O) groups is 2. The lowest BCUT2D eigenvalue weighted by molar-refractivity contribution is -0.107.